The zero-order valence-corrected chi connectivity index (χ0v) is 13.6. The highest BCUT2D eigenvalue weighted by Crippen LogP contribution is 2.31. The van der Waals surface area contributed by atoms with Crippen LogP contribution in [0.1, 0.15) is 26.7 Å². The fourth-order valence-electron chi connectivity index (χ4n) is 2.24. The molecule has 2 rings (SSSR count). The maximum atomic E-state index is 12.8. The monoisotopic (exact) mass is 315 g/mol. The van der Waals surface area contributed by atoms with Gasteiger partial charge in [-0.05, 0) is 18.8 Å². The molecule has 118 valence electrons. The molecule has 1 heterocycles. The predicted molar refractivity (Wildman–Crippen MR) is 78.7 cm³/mol. The fourth-order valence-corrected chi connectivity index (χ4v) is 4.24. The lowest BCUT2D eigenvalue weighted by molar-refractivity contribution is 0.359. The summed E-state index contributed by atoms with van der Waals surface area (Å²) < 4.78 is 28.9. The van der Waals surface area contributed by atoms with Crippen LogP contribution in [0.15, 0.2) is 20.7 Å². The highest BCUT2D eigenvalue weighted by atomic mass is 32.2. The molecule has 1 aliphatic carbocycles. The molecule has 21 heavy (non-hydrogen) atoms. The zero-order valence-electron chi connectivity index (χ0n) is 12.7. The van der Waals surface area contributed by atoms with Crippen molar-refractivity contribution in [2.75, 3.05) is 6.54 Å². The van der Waals surface area contributed by atoms with Crippen LogP contribution in [0.3, 0.4) is 0 Å². The maximum Gasteiger partial charge on any atom is 0.330 e. The minimum absolute atomic E-state index is 0.0284. The second-order valence-electron chi connectivity index (χ2n) is 5.95. The molecule has 1 aliphatic rings. The van der Waals surface area contributed by atoms with Crippen molar-refractivity contribution in [1.29, 1.82) is 0 Å². The minimum Gasteiger partial charge on any atom is -0.302 e. The molecule has 0 aromatic carbocycles. The Morgan fingerprint density at radius 2 is 1.86 bits per heavy atom. The van der Waals surface area contributed by atoms with Gasteiger partial charge >= 0.3 is 5.69 Å². The van der Waals surface area contributed by atoms with Gasteiger partial charge in [-0.25, -0.2) is 13.2 Å². The van der Waals surface area contributed by atoms with Gasteiger partial charge in [0, 0.05) is 32.9 Å². The van der Waals surface area contributed by atoms with Gasteiger partial charge in [0.1, 0.15) is 0 Å². The Hall–Kier alpha value is -1.41. The first-order valence-electron chi connectivity index (χ1n) is 6.94. The Bertz CT molecular complexity index is 757. The number of aryl methyl sites for hydroxylation is 1. The summed E-state index contributed by atoms with van der Waals surface area (Å²) in [7, 11) is -1.16. The largest absolute Gasteiger partial charge is 0.330 e. The second kappa shape index (κ2) is 5.42. The third kappa shape index (κ3) is 2.96. The quantitative estimate of drug-likeness (QED) is 0.759. The molecule has 8 heteroatoms. The van der Waals surface area contributed by atoms with E-state index in [0.717, 1.165) is 28.2 Å². The molecule has 0 unspecified atom stereocenters. The van der Waals surface area contributed by atoms with Gasteiger partial charge in [-0.1, -0.05) is 13.8 Å². The van der Waals surface area contributed by atoms with Crippen LogP contribution in [0, 0.1) is 5.92 Å². The molecule has 0 N–H and O–H groups in total. The average molecular weight is 315 g/mol. The lowest BCUT2D eigenvalue weighted by Gasteiger charge is -2.23. The number of hydrogen-bond donors (Lipinski definition) is 0. The van der Waals surface area contributed by atoms with E-state index in [0.29, 0.717) is 6.54 Å². The first-order chi connectivity index (χ1) is 9.66. The second-order valence-corrected chi connectivity index (χ2v) is 7.81. The van der Waals surface area contributed by atoms with E-state index in [1.165, 1.54) is 18.4 Å². The van der Waals surface area contributed by atoms with Gasteiger partial charge in [-0.15, -0.1) is 0 Å². The minimum atomic E-state index is -3.89. The molecule has 0 amide bonds. The van der Waals surface area contributed by atoms with Gasteiger partial charge in [0.25, 0.3) is 5.56 Å². The van der Waals surface area contributed by atoms with E-state index in [1.807, 2.05) is 13.8 Å². The Balaban J connectivity index is 2.58. The standard InChI is InChI=1S/C13H21N3O4S/c1-9(2)7-16(10-5-6-10)21(19,20)11-8-14(3)13(18)15(4)12(11)17/h8-10H,5-7H2,1-4H3. The molecule has 1 aromatic heterocycles. The first kappa shape index (κ1) is 16.0. The zero-order chi connectivity index (χ0) is 15.9. The molecule has 1 saturated carbocycles. The van der Waals surface area contributed by atoms with Crippen LogP contribution in [-0.4, -0.2) is 34.4 Å². The summed E-state index contributed by atoms with van der Waals surface area (Å²) in [6, 6.07) is -0.0284. The molecule has 0 spiro atoms. The van der Waals surface area contributed by atoms with Gasteiger partial charge in [-0.2, -0.15) is 4.31 Å². The van der Waals surface area contributed by atoms with Crippen molar-refractivity contribution >= 4 is 10.0 Å². The normalized spacial score (nSPS) is 15.9. The van der Waals surface area contributed by atoms with Crippen molar-refractivity contribution in [3.63, 3.8) is 0 Å². The Morgan fingerprint density at radius 1 is 1.29 bits per heavy atom. The fraction of sp³-hybridized carbons (Fsp3) is 0.692. The van der Waals surface area contributed by atoms with Crippen LogP contribution < -0.4 is 11.2 Å². The number of sulfonamides is 1. The van der Waals surface area contributed by atoms with E-state index in [4.69, 9.17) is 0 Å². The van der Waals surface area contributed by atoms with E-state index < -0.39 is 21.3 Å². The Kier molecular flexibility index (Phi) is 4.12. The van der Waals surface area contributed by atoms with Gasteiger partial charge in [0.05, 0.1) is 0 Å². The van der Waals surface area contributed by atoms with Crippen LogP contribution in [0.25, 0.3) is 0 Å². The first-order valence-corrected chi connectivity index (χ1v) is 8.38. The molecule has 1 fully saturated rings. The number of rotatable bonds is 5. The summed E-state index contributed by atoms with van der Waals surface area (Å²) in [5.74, 6) is 0.164. The molecule has 7 nitrogen and oxygen atoms in total. The van der Waals surface area contributed by atoms with Crippen molar-refractivity contribution < 1.29 is 8.42 Å². The van der Waals surface area contributed by atoms with Crippen molar-refractivity contribution in [2.45, 2.75) is 37.6 Å². The third-order valence-corrected chi connectivity index (χ3v) is 5.40. The average Bonchev–Trinajstić information content (AvgIpc) is 3.21. The molecule has 1 aromatic rings. The third-order valence-electron chi connectivity index (χ3n) is 3.50. The summed E-state index contributed by atoms with van der Waals surface area (Å²) in [6.45, 7) is 4.24. The van der Waals surface area contributed by atoms with E-state index in [-0.39, 0.29) is 16.9 Å². The summed E-state index contributed by atoms with van der Waals surface area (Å²) in [5, 5.41) is 0. The van der Waals surface area contributed by atoms with Crippen molar-refractivity contribution in [2.24, 2.45) is 20.0 Å². The smallest absolute Gasteiger partial charge is 0.302 e. The van der Waals surface area contributed by atoms with Crippen molar-refractivity contribution in [3.8, 4) is 0 Å². The molecule has 0 atom stereocenters. The van der Waals surface area contributed by atoms with E-state index in [9.17, 15) is 18.0 Å². The SMILES string of the molecule is CC(C)CN(C1CC1)S(=O)(=O)c1cn(C)c(=O)n(C)c1=O. The number of hydrogen-bond acceptors (Lipinski definition) is 4. The highest BCUT2D eigenvalue weighted by molar-refractivity contribution is 7.89. The molecule has 0 saturated heterocycles. The van der Waals surface area contributed by atoms with Gasteiger partial charge in [-0.3, -0.25) is 9.36 Å². The lowest BCUT2D eigenvalue weighted by atomic mass is 10.2. The van der Waals surface area contributed by atoms with Gasteiger partial charge < -0.3 is 4.57 Å². The van der Waals surface area contributed by atoms with Crippen molar-refractivity contribution in [3.05, 3.63) is 27.0 Å². The van der Waals surface area contributed by atoms with Crippen LogP contribution in [0.2, 0.25) is 0 Å². The Labute approximate surface area is 123 Å². The number of nitrogens with zero attached hydrogens (tertiary/aromatic N) is 3. The van der Waals surface area contributed by atoms with E-state index in [1.54, 1.807) is 0 Å². The predicted octanol–water partition coefficient (Wildman–Crippen LogP) is -0.107. The van der Waals surface area contributed by atoms with Crippen LogP contribution >= 0.6 is 0 Å². The summed E-state index contributed by atoms with van der Waals surface area (Å²) in [4.78, 5) is 23.5. The molecule has 0 bridgehead atoms. The maximum absolute atomic E-state index is 12.8. The molecule has 0 aliphatic heterocycles. The molecular formula is C13H21N3O4S. The summed E-state index contributed by atoms with van der Waals surface area (Å²) in [6.07, 6.45) is 2.76. The topological polar surface area (TPSA) is 81.4 Å². The van der Waals surface area contributed by atoms with E-state index in [2.05, 4.69) is 0 Å². The number of aromatic nitrogens is 2. The van der Waals surface area contributed by atoms with Gasteiger partial charge in [0.15, 0.2) is 4.90 Å². The highest BCUT2D eigenvalue weighted by Gasteiger charge is 2.39. The summed E-state index contributed by atoms with van der Waals surface area (Å²) in [5.41, 5.74) is -1.31. The van der Waals surface area contributed by atoms with Crippen molar-refractivity contribution in [1.82, 2.24) is 13.4 Å². The van der Waals surface area contributed by atoms with Crippen LogP contribution in [-0.2, 0) is 24.1 Å². The Morgan fingerprint density at radius 3 is 2.33 bits per heavy atom. The van der Waals surface area contributed by atoms with Crippen LogP contribution in [0.4, 0.5) is 0 Å². The van der Waals surface area contributed by atoms with E-state index >= 15 is 0 Å². The van der Waals surface area contributed by atoms with Crippen LogP contribution in [0.5, 0.6) is 0 Å². The lowest BCUT2D eigenvalue weighted by Crippen LogP contribution is -2.44. The molecular weight excluding hydrogens is 294 g/mol. The molecule has 0 radical (unpaired) electrons. The van der Waals surface area contributed by atoms with Gasteiger partial charge in [0.2, 0.25) is 10.0 Å². The summed E-state index contributed by atoms with van der Waals surface area (Å²) >= 11 is 0.